The lowest BCUT2D eigenvalue weighted by atomic mass is 10.1. The van der Waals surface area contributed by atoms with Crippen LogP contribution in [0.3, 0.4) is 0 Å². The molecule has 0 bridgehead atoms. The molecule has 3 N–H and O–H groups in total. The highest BCUT2D eigenvalue weighted by molar-refractivity contribution is 5.85. The zero-order valence-corrected chi connectivity index (χ0v) is 13.7. The molecule has 0 saturated carbocycles. The lowest BCUT2D eigenvalue weighted by Gasteiger charge is -2.27. The quantitative estimate of drug-likeness (QED) is 0.803. The van der Waals surface area contributed by atoms with Crippen molar-refractivity contribution < 1.29 is 9.84 Å². The van der Waals surface area contributed by atoms with E-state index in [1.54, 1.807) is 7.11 Å². The summed E-state index contributed by atoms with van der Waals surface area (Å²) < 4.78 is 5.16. The van der Waals surface area contributed by atoms with E-state index < -0.39 is 0 Å². The molecule has 4 nitrogen and oxygen atoms in total. The van der Waals surface area contributed by atoms with Gasteiger partial charge in [-0.25, -0.2) is 0 Å². The molecule has 2 aromatic rings. The zero-order valence-electron chi connectivity index (χ0n) is 12.9. The number of nitrogen functional groups attached to an aromatic ring is 1. The molecule has 0 aliphatic rings. The van der Waals surface area contributed by atoms with Gasteiger partial charge in [-0.15, -0.1) is 12.4 Å². The Balaban J connectivity index is 0.00000242. The molecule has 2 rings (SSSR count). The molecule has 2 aromatic carbocycles. The maximum Gasteiger partial charge on any atom is 0.118 e. The summed E-state index contributed by atoms with van der Waals surface area (Å²) in [7, 11) is 3.64. The van der Waals surface area contributed by atoms with Crippen molar-refractivity contribution in [1.29, 1.82) is 0 Å². The van der Waals surface area contributed by atoms with Crippen LogP contribution in [0, 0.1) is 0 Å². The van der Waals surface area contributed by atoms with Crippen molar-refractivity contribution in [2.24, 2.45) is 0 Å². The molecule has 0 radical (unpaired) electrons. The Morgan fingerprint density at radius 1 is 1.18 bits per heavy atom. The number of aliphatic hydroxyl groups excluding tert-OH is 1. The molecule has 0 fully saturated rings. The highest BCUT2D eigenvalue weighted by atomic mass is 35.5. The number of likely N-dealkylation sites (N-methyl/N-ethyl adjacent to an activating group) is 1. The first-order chi connectivity index (χ1) is 10.1. The van der Waals surface area contributed by atoms with Crippen LogP contribution in [0.4, 0.5) is 5.69 Å². The van der Waals surface area contributed by atoms with Crippen molar-refractivity contribution in [3.8, 4) is 5.75 Å². The van der Waals surface area contributed by atoms with E-state index >= 15 is 0 Å². The van der Waals surface area contributed by atoms with Crippen molar-refractivity contribution in [2.75, 3.05) is 26.5 Å². The molecule has 1 unspecified atom stereocenters. The third kappa shape index (κ3) is 4.63. The van der Waals surface area contributed by atoms with Crippen LogP contribution in [-0.4, -0.2) is 30.8 Å². The summed E-state index contributed by atoms with van der Waals surface area (Å²) in [5.41, 5.74) is 8.75. The molecule has 0 amide bonds. The highest BCUT2D eigenvalue weighted by Crippen LogP contribution is 2.23. The van der Waals surface area contributed by atoms with Crippen LogP contribution in [0.25, 0.3) is 0 Å². The summed E-state index contributed by atoms with van der Waals surface area (Å²) in [6.45, 7) is 0.785. The third-order valence-electron chi connectivity index (χ3n) is 3.59. The van der Waals surface area contributed by atoms with Crippen LogP contribution in [-0.2, 0) is 6.54 Å². The van der Waals surface area contributed by atoms with E-state index in [0.29, 0.717) is 0 Å². The number of aliphatic hydroxyl groups is 1. The number of nitrogens with two attached hydrogens (primary N) is 1. The fourth-order valence-electron chi connectivity index (χ4n) is 2.41. The SMILES string of the molecule is COc1ccc(C(CO)N(C)Cc2cccc(N)c2)cc1.Cl. The van der Waals surface area contributed by atoms with Gasteiger partial charge < -0.3 is 15.6 Å². The van der Waals surface area contributed by atoms with Crippen molar-refractivity contribution in [3.05, 3.63) is 59.7 Å². The van der Waals surface area contributed by atoms with E-state index in [9.17, 15) is 5.11 Å². The van der Waals surface area contributed by atoms with Gasteiger partial charge in [-0.1, -0.05) is 24.3 Å². The Morgan fingerprint density at radius 3 is 2.41 bits per heavy atom. The number of hydrogen-bond acceptors (Lipinski definition) is 4. The van der Waals surface area contributed by atoms with Crippen LogP contribution in [0.15, 0.2) is 48.5 Å². The van der Waals surface area contributed by atoms with E-state index in [-0.39, 0.29) is 25.1 Å². The Morgan fingerprint density at radius 2 is 1.86 bits per heavy atom. The number of nitrogens with zero attached hydrogens (tertiary/aromatic N) is 1. The lowest BCUT2D eigenvalue weighted by molar-refractivity contribution is 0.142. The standard InChI is InChI=1S/C17H22N2O2.ClH/c1-19(11-13-4-3-5-15(18)10-13)17(12-20)14-6-8-16(21-2)9-7-14;/h3-10,17,20H,11-12,18H2,1-2H3;1H. The summed E-state index contributed by atoms with van der Waals surface area (Å²) in [4.78, 5) is 2.11. The van der Waals surface area contributed by atoms with Gasteiger partial charge in [0.2, 0.25) is 0 Å². The molecule has 0 aliphatic heterocycles. The predicted octanol–water partition coefficient (Wildman–Crippen LogP) is 2.86. The second-order valence-corrected chi connectivity index (χ2v) is 5.13. The van der Waals surface area contributed by atoms with Gasteiger partial charge >= 0.3 is 0 Å². The molecule has 0 aromatic heterocycles. The highest BCUT2D eigenvalue weighted by Gasteiger charge is 2.16. The van der Waals surface area contributed by atoms with Crippen LogP contribution < -0.4 is 10.5 Å². The Hall–Kier alpha value is -1.75. The van der Waals surface area contributed by atoms with E-state index in [0.717, 1.165) is 29.1 Å². The van der Waals surface area contributed by atoms with Crippen LogP contribution in [0.1, 0.15) is 17.2 Å². The number of halogens is 1. The topological polar surface area (TPSA) is 58.7 Å². The van der Waals surface area contributed by atoms with Gasteiger partial charge in [0.05, 0.1) is 19.8 Å². The minimum Gasteiger partial charge on any atom is -0.497 e. The van der Waals surface area contributed by atoms with E-state index in [4.69, 9.17) is 10.5 Å². The second-order valence-electron chi connectivity index (χ2n) is 5.13. The smallest absolute Gasteiger partial charge is 0.118 e. The number of hydrogen-bond donors (Lipinski definition) is 2. The van der Waals surface area contributed by atoms with Crippen molar-refractivity contribution in [2.45, 2.75) is 12.6 Å². The fourth-order valence-corrected chi connectivity index (χ4v) is 2.41. The molecule has 5 heteroatoms. The van der Waals surface area contributed by atoms with E-state index in [2.05, 4.69) is 4.90 Å². The van der Waals surface area contributed by atoms with Crippen molar-refractivity contribution in [3.63, 3.8) is 0 Å². The van der Waals surface area contributed by atoms with Crippen LogP contribution >= 0.6 is 12.4 Å². The maximum atomic E-state index is 9.71. The molecular weight excluding hydrogens is 300 g/mol. The number of ether oxygens (including phenoxy) is 1. The first kappa shape index (κ1) is 18.3. The summed E-state index contributed by atoms with van der Waals surface area (Å²) in [6.07, 6.45) is 0. The van der Waals surface area contributed by atoms with Gasteiger partial charge in [0.1, 0.15) is 5.75 Å². The molecule has 1 atom stereocenters. The largest absolute Gasteiger partial charge is 0.497 e. The molecular formula is C17H23ClN2O2. The Bertz CT molecular complexity index is 575. The number of rotatable bonds is 6. The van der Waals surface area contributed by atoms with Crippen molar-refractivity contribution in [1.82, 2.24) is 4.90 Å². The normalized spacial score (nSPS) is 11.8. The molecule has 22 heavy (non-hydrogen) atoms. The molecule has 0 saturated heterocycles. The minimum atomic E-state index is -0.0580. The maximum absolute atomic E-state index is 9.71. The van der Waals surface area contributed by atoms with Crippen LogP contribution in [0.5, 0.6) is 5.75 Å². The van der Waals surface area contributed by atoms with Gasteiger partial charge in [0.15, 0.2) is 0 Å². The van der Waals surface area contributed by atoms with Crippen LogP contribution in [0.2, 0.25) is 0 Å². The van der Waals surface area contributed by atoms with Gasteiger partial charge in [-0.2, -0.15) is 0 Å². The average molecular weight is 323 g/mol. The van der Waals surface area contributed by atoms with Crippen molar-refractivity contribution >= 4 is 18.1 Å². The summed E-state index contributed by atoms with van der Waals surface area (Å²) in [5, 5.41) is 9.71. The Labute approximate surface area is 137 Å². The summed E-state index contributed by atoms with van der Waals surface area (Å²) in [5.74, 6) is 0.814. The van der Waals surface area contributed by atoms with Gasteiger partial charge in [-0.3, -0.25) is 4.90 Å². The zero-order chi connectivity index (χ0) is 15.2. The third-order valence-corrected chi connectivity index (χ3v) is 3.59. The van der Waals surface area contributed by atoms with Gasteiger partial charge in [0.25, 0.3) is 0 Å². The summed E-state index contributed by atoms with van der Waals surface area (Å²) >= 11 is 0. The monoisotopic (exact) mass is 322 g/mol. The number of benzene rings is 2. The van der Waals surface area contributed by atoms with E-state index in [1.807, 2.05) is 55.6 Å². The first-order valence-corrected chi connectivity index (χ1v) is 6.93. The molecule has 0 aliphatic carbocycles. The summed E-state index contributed by atoms with van der Waals surface area (Å²) in [6, 6.07) is 15.5. The second kappa shape index (κ2) is 8.63. The van der Waals surface area contributed by atoms with E-state index in [1.165, 1.54) is 0 Å². The predicted molar refractivity (Wildman–Crippen MR) is 92.4 cm³/mol. The minimum absolute atomic E-state index is 0. The molecule has 0 heterocycles. The van der Waals surface area contributed by atoms with Gasteiger partial charge in [-0.05, 0) is 42.4 Å². The number of anilines is 1. The average Bonchev–Trinajstić information content (AvgIpc) is 2.48. The Kier molecular flexibility index (Phi) is 7.18. The molecule has 0 spiro atoms. The molecule has 120 valence electrons. The first-order valence-electron chi connectivity index (χ1n) is 6.93. The fraction of sp³-hybridized carbons (Fsp3) is 0.294. The lowest BCUT2D eigenvalue weighted by Crippen LogP contribution is -2.27. The number of methoxy groups -OCH3 is 1. The van der Waals surface area contributed by atoms with Gasteiger partial charge in [0, 0.05) is 12.2 Å².